The number of fused-ring (bicyclic) bond motifs is 1. The Morgan fingerprint density at radius 2 is 1.04 bits per heavy atom. The molecule has 1 heterocycles. The summed E-state index contributed by atoms with van der Waals surface area (Å²) in [6, 6.07) is 40.8. The highest BCUT2D eigenvalue weighted by molar-refractivity contribution is 7.23. The molecule has 1 aromatic heterocycles. The van der Waals surface area contributed by atoms with Gasteiger partial charge in [0.1, 0.15) is 5.00 Å². The lowest BCUT2D eigenvalue weighted by Crippen LogP contribution is -2.18. The molecular formula is C49H57ClN2S. The van der Waals surface area contributed by atoms with E-state index >= 15 is 0 Å². The van der Waals surface area contributed by atoms with E-state index in [1.807, 2.05) is 11.3 Å². The number of thiophene rings is 1. The van der Waals surface area contributed by atoms with E-state index in [-0.39, 0.29) is 16.2 Å². The Hall–Kier alpha value is -4.05. The van der Waals surface area contributed by atoms with Crippen LogP contribution in [0.5, 0.6) is 0 Å². The van der Waals surface area contributed by atoms with Crippen LogP contribution in [-0.2, 0) is 22.7 Å². The fraction of sp³-hybridized carbons (Fsp3) is 0.347. The Morgan fingerprint density at radius 3 is 1.58 bits per heavy atom. The van der Waals surface area contributed by atoms with E-state index in [4.69, 9.17) is 11.6 Å². The van der Waals surface area contributed by atoms with E-state index in [0.29, 0.717) is 5.02 Å². The highest BCUT2D eigenvalue weighted by Crippen LogP contribution is 2.51. The van der Waals surface area contributed by atoms with Crippen molar-refractivity contribution < 1.29 is 0 Å². The van der Waals surface area contributed by atoms with Crippen LogP contribution < -0.4 is 9.80 Å². The summed E-state index contributed by atoms with van der Waals surface area (Å²) in [4.78, 5) is 4.72. The van der Waals surface area contributed by atoms with Crippen molar-refractivity contribution >= 4 is 66.5 Å². The molecule has 0 saturated heterocycles. The van der Waals surface area contributed by atoms with Gasteiger partial charge in [-0.05, 0) is 130 Å². The molecule has 0 saturated carbocycles. The van der Waals surface area contributed by atoms with Crippen molar-refractivity contribution in [1.29, 1.82) is 0 Å². The van der Waals surface area contributed by atoms with Gasteiger partial charge in [0.15, 0.2) is 0 Å². The predicted octanol–water partition coefficient (Wildman–Crippen LogP) is 16.0. The van der Waals surface area contributed by atoms with Gasteiger partial charge in [0, 0.05) is 21.8 Å². The van der Waals surface area contributed by atoms with Crippen LogP contribution in [0.1, 0.15) is 110 Å². The minimum Gasteiger partial charge on any atom is -0.309 e. The molecule has 0 spiro atoms. The molecule has 6 aromatic rings. The molecule has 0 radical (unpaired) electrons. The molecule has 0 atom stereocenters. The minimum atomic E-state index is -0.138. The van der Waals surface area contributed by atoms with E-state index in [2.05, 4.69) is 195 Å². The van der Waals surface area contributed by atoms with Crippen molar-refractivity contribution in [2.75, 3.05) is 9.80 Å². The van der Waals surface area contributed by atoms with Crippen LogP contribution in [0.3, 0.4) is 0 Å². The van der Waals surface area contributed by atoms with Gasteiger partial charge in [-0.3, -0.25) is 0 Å². The zero-order chi connectivity index (χ0) is 38.3. The van der Waals surface area contributed by atoms with Crippen LogP contribution in [0.2, 0.25) is 5.02 Å². The summed E-state index contributed by atoms with van der Waals surface area (Å²) >= 11 is 9.68. The lowest BCUT2D eigenvalue weighted by Gasteiger charge is -2.33. The highest BCUT2D eigenvalue weighted by atomic mass is 35.5. The second-order valence-electron chi connectivity index (χ2n) is 17.7. The fourth-order valence-corrected chi connectivity index (χ4v) is 8.12. The van der Waals surface area contributed by atoms with E-state index < -0.39 is 0 Å². The number of hydrogen-bond donors (Lipinski definition) is 0. The van der Waals surface area contributed by atoms with Crippen molar-refractivity contribution in [3.63, 3.8) is 0 Å². The van der Waals surface area contributed by atoms with Crippen molar-refractivity contribution in [2.45, 2.75) is 112 Å². The van der Waals surface area contributed by atoms with Crippen molar-refractivity contribution in [2.24, 2.45) is 0 Å². The van der Waals surface area contributed by atoms with Gasteiger partial charge in [-0.2, -0.15) is 0 Å². The van der Waals surface area contributed by atoms with Gasteiger partial charge in [0.25, 0.3) is 0 Å². The number of rotatable bonds is 9. The van der Waals surface area contributed by atoms with E-state index in [0.717, 1.165) is 39.9 Å². The van der Waals surface area contributed by atoms with Gasteiger partial charge in [0.05, 0.1) is 16.4 Å². The second kappa shape index (κ2) is 15.0. The SMILES string of the molecule is CCCCc1ccc(N(c2ccc(C)cc2)c2cc(C(C)(C)C)cc(N(c3ccc(C(C)(C)C)cc3)c3cc4cc(C(C)(C)C)ccc4s3)c2Cl)cc1. The first-order valence-electron chi connectivity index (χ1n) is 19.2. The largest absolute Gasteiger partial charge is 0.309 e. The number of benzene rings is 5. The van der Waals surface area contributed by atoms with Gasteiger partial charge >= 0.3 is 0 Å². The van der Waals surface area contributed by atoms with Gasteiger partial charge in [-0.25, -0.2) is 0 Å². The van der Waals surface area contributed by atoms with Crippen LogP contribution in [0.4, 0.5) is 33.4 Å². The summed E-state index contributed by atoms with van der Waals surface area (Å²) in [6.45, 7) is 24.9. The van der Waals surface area contributed by atoms with Gasteiger partial charge in [-0.15, -0.1) is 11.3 Å². The Morgan fingerprint density at radius 1 is 0.547 bits per heavy atom. The Labute approximate surface area is 328 Å². The molecule has 0 bridgehead atoms. The van der Waals surface area contributed by atoms with Crippen LogP contribution in [0, 0.1) is 6.92 Å². The molecule has 0 N–H and O–H groups in total. The Bertz CT molecular complexity index is 2170. The van der Waals surface area contributed by atoms with Crippen molar-refractivity contribution in [1.82, 2.24) is 0 Å². The normalized spacial score (nSPS) is 12.4. The predicted molar refractivity (Wildman–Crippen MR) is 236 cm³/mol. The molecule has 53 heavy (non-hydrogen) atoms. The number of aryl methyl sites for hydroxylation is 2. The molecule has 0 aliphatic rings. The number of halogens is 1. The summed E-state index contributed by atoms with van der Waals surface area (Å²) < 4.78 is 1.26. The molecule has 0 unspecified atom stereocenters. The molecule has 0 aliphatic carbocycles. The third kappa shape index (κ3) is 8.53. The quantitative estimate of drug-likeness (QED) is 0.146. The molecule has 5 aromatic carbocycles. The van der Waals surface area contributed by atoms with Crippen molar-refractivity contribution in [3.8, 4) is 0 Å². The molecule has 4 heteroatoms. The number of hydrogen-bond acceptors (Lipinski definition) is 3. The molecule has 0 fully saturated rings. The van der Waals surface area contributed by atoms with E-state index in [1.165, 1.54) is 50.7 Å². The highest BCUT2D eigenvalue weighted by Gasteiger charge is 2.28. The Balaban J connectivity index is 1.62. The monoisotopic (exact) mass is 740 g/mol. The van der Waals surface area contributed by atoms with Crippen LogP contribution in [-0.4, -0.2) is 0 Å². The number of anilines is 6. The first kappa shape index (κ1) is 38.7. The van der Waals surface area contributed by atoms with Gasteiger partial charge in [-0.1, -0.05) is 135 Å². The topological polar surface area (TPSA) is 6.48 Å². The molecule has 276 valence electrons. The molecule has 2 nitrogen and oxygen atoms in total. The third-order valence-corrected chi connectivity index (χ3v) is 11.8. The average Bonchev–Trinajstić information content (AvgIpc) is 3.52. The first-order valence-corrected chi connectivity index (χ1v) is 20.4. The zero-order valence-corrected chi connectivity index (χ0v) is 35.3. The number of unbranched alkanes of at least 4 members (excludes halogenated alkanes) is 1. The standard InChI is InChI=1S/C49H57ClN2S/c1-12-13-14-34-17-24-40(25-18-34)51(39-22-15-33(2)16-23-39)42-31-38(49(9,10)11)32-43(46(42)50)52(41-26-19-36(20-27-41)47(3,4)5)45-30-35-29-37(48(6,7)8)21-28-44(35)53-45/h15-32H,12-14H2,1-11H3. The minimum absolute atomic E-state index is 0.0436. The summed E-state index contributed by atoms with van der Waals surface area (Å²) in [7, 11) is 0. The van der Waals surface area contributed by atoms with Gasteiger partial charge in [0.2, 0.25) is 0 Å². The molecule has 0 amide bonds. The summed E-state index contributed by atoms with van der Waals surface area (Å²) in [6.07, 6.45) is 3.45. The molecular weight excluding hydrogens is 684 g/mol. The third-order valence-electron chi connectivity index (χ3n) is 10.3. The second-order valence-corrected chi connectivity index (χ2v) is 19.2. The number of nitrogens with zero attached hydrogens (tertiary/aromatic N) is 2. The van der Waals surface area contributed by atoms with Crippen LogP contribution in [0.15, 0.2) is 109 Å². The van der Waals surface area contributed by atoms with E-state index in [9.17, 15) is 0 Å². The summed E-state index contributed by atoms with van der Waals surface area (Å²) in [5.74, 6) is 0. The molecule has 6 rings (SSSR count). The van der Waals surface area contributed by atoms with Crippen molar-refractivity contribution in [3.05, 3.63) is 142 Å². The summed E-state index contributed by atoms with van der Waals surface area (Å²) in [5.41, 5.74) is 11.6. The molecule has 0 aliphatic heterocycles. The van der Waals surface area contributed by atoms with Crippen LogP contribution >= 0.6 is 22.9 Å². The lowest BCUT2D eigenvalue weighted by molar-refractivity contribution is 0.590. The maximum atomic E-state index is 7.86. The first-order chi connectivity index (χ1) is 24.9. The Kier molecular flexibility index (Phi) is 10.9. The maximum absolute atomic E-state index is 7.86. The van der Waals surface area contributed by atoms with Crippen LogP contribution in [0.25, 0.3) is 10.1 Å². The smallest absolute Gasteiger partial charge is 0.101 e. The van der Waals surface area contributed by atoms with Gasteiger partial charge < -0.3 is 9.80 Å². The van der Waals surface area contributed by atoms with E-state index in [1.54, 1.807) is 0 Å². The average molecular weight is 742 g/mol. The lowest BCUT2D eigenvalue weighted by atomic mass is 9.86. The maximum Gasteiger partial charge on any atom is 0.101 e. The summed E-state index contributed by atoms with van der Waals surface area (Å²) in [5, 5.41) is 3.10. The fourth-order valence-electron chi connectivity index (χ4n) is 6.77. The zero-order valence-electron chi connectivity index (χ0n) is 33.7.